The van der Waals surface area contributed by atoms with Crippen molar-refractivity contribution in [2.45, 2.75) is 45.1 Å². The Morgan fingerprint density at radius 2 is 1.57 bits per heavy atom. The van der Waals surface area contributed by atoms with E-state index < -0.39 is 36.0 Å². The maximum absolute atomic E-state index is 13.7. The van der Waals surface area contributed by atoms with Gasteiger partial charge in [0.25, 0.3) is 5.91 Å². The largest absolute Gasteiger partial charge is 0.494 e. The van der Waals surface area contributed by atoms with E-state index in [0.29, 0.717) is 26.2 Å². The van der Waals surface area contributed by atoms with Crippen molar-refractivity contribution in [3.8, 4) is 0 Å². The minimum Gasteiger partial charge on any atom is -0.399 e. The lowest BCUT2D eigenvalue weighted by Gasteiger charge is -2.33. The van der Waals surface area contributed by atoms with Gasteiger partial charge in [-0.05, 0) is 52.3 Å². The highest BCUT2D eigenvalue weighted by Gasteiger charge is 2.52. The Labute approximate surface area is 163 Å². The quantitative estimate of drug-likeness (QED) is 0.718. The predicted molar refractivity (Wildman–Crippen MR) is 101 cm³/mol. The van der Waals surface area contributed by atoms with Crippen LogP contribution < -0.4 is 5.46 Å². The zero-order valence-electron chi connectivity index (χ0n) is 16.9. The summed E-state index contributed by atoms with van der Waals surface area (Å²) < 4.78 is 53.0. The first kappa shape index (κ1) is 21.1. The molecule has 5 nitrogen and oxygen atoms in total. The molecule has 2 aliphatic heterocycles. The number of halogens is 3. The Bertz CT molecular complexity index is 743. The minimum absolute atomic E-state index is 0.251. The molecule has 28 heavy (non-hydrogen) atoms. The van der Waals surface area contributed by atoms with E-state index in [9.17, 15) is 18.0 Å². The normalized spacial score (nSPS) is 22.6. The fraction of sp³-hybridized carbons (Fsp3) is 0.632. The van der Waals surface area contributed by atoms with Crippen LogP contribution in [0.3, 0.4) is 0 Å². The Morgan fingerprint density at radius 3 is 2.07 bits per heavy atom. The van der Waals surface area contributed by atoms with Crippen molar-refractivity contribution < 1.29 is 27.3 Å². The molecule has 0 atom stereocenters. The molecule has 0 bridgehead atoms. The van der Waals surface area contributed by atoms with Crippen molar-refractivity contribution in [3.05, 3.63) is 29.3 Å². The first-order chi connectivity index (χ1) is 12.8. The number of hydrogen-bond acceptors (Lipinski definition) is 4. The molecule has 2 saturated heterocycles. The fourth-order valence-corrected chi connectivity index (χ4v) is 3.29. The van der Waals surface area contributed by atoms with Crippen molar-refractivity contribution >= 4 is 18.5 Å². The summed E-state index contributed by atoms with van der Waals surface area (Å²) in [6.07, 6.45) is -4.66. The third-order valence-corrected chi connectivity index (χ3v) is 5.90. The average molecular weight is 398 g/mol. The van der Waals surface area contributed by atoms with Crippen LogP contribution in [0.4, 0.5) is 13.2 Å². The van der Waals surface area contributed by atoms with Gasteiger partial charge in [-0.2, -0.15) is 13.2 Å². The van der Waals surface area contributed by atoms with Crippen molar-refractivity contribution in [3.63, 3.8) is 0 Å². The monoisotopic (exact) mass is 398 g/mol. The number of benzene rings is 1. The molecule has 0 N–H and O–H groups in total. The van der Waals surface area contributed by atoms with Crippen LogP contribution in [-0.2, 0) is 15.5 Å². The van der Waals surface area contributed by atoms with Crippen molar-refractivity contribution in [2.24, 2.45) is 0 Å². The molecule has 0 saturated carbocycles. The highest BCUT2D eigenvalue weighted by molar-refractivity contribution is 6.62. The Hall–Kier alpha value is -1.58. The topological polar surface area (TPSA) is 42.0 Å². The third-order valence-electron chi connectivity index (χ3n) is 5.90. The number of carbonyl (C=O) groups excluding carboxylic acids is 1. The first-order valence-electron chi connectivity index (χ1n) is 9.36. The fourth-order valence-electron chi connectivity index (χ4n) is 3.29. The lowest BCUT2D eigenvalue weighted by atomic mass is 9.77. The molecule has 0 aliphatic carbocycles. The van der Waals surface area contributed by atoms with Gasteiger partial charge in [-0.1, -0.05) is 6.07 Å². The van der Waals surface area contributed by atoms with E-state index >= 15 is 0 Å². The minimum atomic E-state index is -4.66. The summed E-state index contributed by atoms with van der Waals surface area (Å²) in [5.74, 6) is -0.596. The number of piperazine rings is 1. The molecule has 154 valence electrons. The molecule has 0 radical (unpaired) electrons. The Balaban J connectivity index is 1.92. The van der Waals surface area contributed by atoms with Crippen molar-refractivity contribution in [2.75, 3.05) is 33.2 Å². The highest BCUT2D eigenvalue weighted by atomic mass is 19.4. The average Bonchev–Trinajstić information content (AvgIpc) is 2.81. The second-order valence-corrected chi connectivity index (χ2v) is 8.49. The Kier molecular flexibility index (Phi) is 5.31. The number of alkyl halides is 3. The summed E-state index contributed by atoms with van der Waals surface area (Å²) in [5.41, 5.74) is -2.36. The summed E-state index contributed by atoms with van der Waals surface area (Å²) in [5, 5.41) is 0. The summed E-state index contributed by atoms with van der Waals surface area (Å²) in [4.78, 5) is 16.3. The first-order valence-corrected chi connectivity index (χ1v) is 9.36. The smallest absolute Gasteiger partial charge is 0.399 e. The van der Waals surface area contributed by atoms with Crippen LogP contribution in [0, 0.1) is 0 Å². The molecule has 1 amide bonds. The second-order valence-electron chi connectivity index (χ2n) is 8.49. The standard InChI is InChI=1S/C19H26BF3N2O3/c1-17(2)18(3,4)28-20(27-17)13-6-7-14(15(12-13)19(21,22)23)16(26)25-10-8-24(5)9-11-25/h6-7,12H,8-11H2,1-5H3. The van der Waals surface area contributed by atoms with E-state index in [1.807, 2.05) is 39.6 Å². The van der Waals surface area contributed by atoms with E-state index in [4.69, 9.17) is 9.31 Å². The van der Waals surface area contributed by atoms with Crippen LogP contribution in [0.2, 0.25) is 0 Å². The van der Waals surface area contributed by atoms with Gasteiger partial charge in [0.1, 0.15) is 0 Å². The maximum atomic E-state index is 13.7. The summed E-state index contributed by atoms with van der Waals surface area (Å²) in [6, 6.07) is 3.70. The molecular formula is C19H26BF3N2O3. The van der Waals surface area contributed by atoms with Gasteiger partial charge in [-0.15, -0.1) is 0 Å². The zero-order valence-corrected chi connectivity index (χ0v) is 16.9. The zero-order chi connectivity index (χ0) is 20.9. The van der Waals surface area contributed by atoms with E-state index in [1.54, 1.807) is 0 Å². The highest BCUT2D eigenvalue weighted by Crippen LogP contribution is 2.37. The molecule has 1 aromatic carbocycles. The summed E-state index contributed by atoms with van der Waals surface area (Å²) in [6.45, 7) is 9.44. The summed E-state index contributed by atoms with van der Waals surface area (Å²) in [7, 11) is 1.00. The van der Waals surface area contributed by atoms with Gasteiger partial charge in [0, 0.05) is 26.2 Å². The van der Waals surface area contributed by atoms with Crippen molar-refractivity contribution in [1.82, 2.24) is 9.80 Å². The van der Waals surface area contributed by atoms with Gasteiger partial charge in [-0.3, -0.25) is 4.79 Å². The van der Waals surface area contributed by atoms with Gasteiger partial charge in [-0.25, -0.2) is 0 Å². The predicted octanol–water partition coefficient (Wildman–Crippen LogP) is 2.39. The molecule has 2 aliphatic rings. The van der Waals surface area contributed by atoms with Crippen LogP contribution >= 0.6 is 0 Å². The van der Waals surface area contributed by atoms with Crippen LogP contribution in [0.5, 0.6) is 0 Å². The number of hydrogen-bond donors (Lipinski definition) is 0. The van der Waals surface area contributed by atoms with E-state index in [0.717, 1.165) is 6.07 Å². The van der Waals surface area contributed by atoms with Crippen LogP contribution in [0.1, 0.15) is 43.6 Å². The number of rotatable bonds is 2. The van der Waals surface area contributed by atoms with E-state index in [2.05, 4.69) is 0 Å². The lowest BCUT2D eigenvalue weighted by Crippen LogP contribution is -2.47. The van der Waals surface area contributed by atoms with Gasteiger partial charge in [0.05, 0.1) is 22.3 Å². The number of carbonyl (C=O) groups is 1. The molecule has 1 aromatic rings. The van der Waals surface area contributed by atoms with Gasteiger partial charge < -0.3 is 19.1 Å². The van der Waals surface area contributed by atoms with Crippen LogP contribution in [0.15, 0.2) is 18.2 Å². The van der Waals surface area contributed by atoms with Crippen molar-refractivity contribution in [1.29, 1.82) is 0 Å². The maximum Gasteiger partial charge on any atom is 0.494 e. The molecule has 2 fully saturated rings. The summed E-state index contributed by atoms with van der Waals surface area (Å²) >= 11 is 0. The molecule has 0 aromatic heterocycles. The number of amides is 1. The molecule has 3 rings (SSSR count). The molecule has 0 unspecified atom stereocenters. The molecule has 0 spiro atoms. The van der Waals surface area contributed by atoms with E-state index in [1.165, 1.54) is 17.0 Å². The molecular weight excluding hydrogens is 372 g/mol. The SMILES string of the molecule is CN1CCN(C(=O)c2ccc(B3OC(C)(C)C(C)(C)O3)cc2C(F)(F)F)CC1. The van der Waals surface area contributed by atoms with Gasteiger partial charge >= 0.3 is 13.3 Å². The number of nitrogens with zero attached hydrogens (tertiary/aromatic N) is 2. The molecule has 2 heterocycles. The molecule has 9 heteroatoms. The van der Waals surface area contributed by atoms with Crippen LogP contribution in [0.25, 0.3) is 0 Å². The third kappa shape index (κ3) is 3.93. The van der Waals surface area contributed by atoms with Gasteiger partial charge in [0.2, 0.25) is 0 Å². The lowest BCUT2D eigenvalue weighted by molar-refractivity contribution is -0.138. The van der Waals surface area contributed by atoms with E-state index in [-0.39, 0.29) is 11.0 Å². The Morgan fingerprint density at radius 1 is 1.04 bits per heavy atom. The van der Waals surface area contributed by atoms with Crippen LogP contribution in [-0.4, -0.2) is 67.3 Å². The number of likely N-dealkylation sites (N-methyl/N-ethyl adjacent to an activating group) is 1. The second kappa shape index (κ2) is 7.04. The van der Waals surface area contributed by atoms with Gasteiger partial charge in [0.15, 0.2) is 0 Å².